The SMILES string of the molecule is CCCCCCCC[SiH](CCCCCOCc1ccccc1)c1ccccc1. The van der Waals surface area contributed by atoms with Gasteiger partial charge >= 0.3 is 0 Å². The van der Waals surface area contributed by atoms with Crippen molar-refractivity contribution in [1.29, 1.82) is 0 Å². The second kappa shape index (κ2) is 15.5. The van der Waals surface area contributed by atoms with Gasteiger partial charge in [-0.3, -0.25) is 0 Å². The molecule has 1 nitrogen and oxygen atoms in total. The van der Waals surface area contributed by atoms with E-state index < -0.39 is 8.80 Å². The third-order valence-corrected chi connectivity index (χ3v) is 9.17. The zero-order valence-corrected chi connectivity index (χ0v) is 19.1. The molecule has 0 aliphatic carbocycles. The molecule has 0 N–H and O–H groups in total. The van der Waals surface area contributed by atoms with Gasteiger partial charge in [0.05, 0.1) is 15.4 Å². The van der Waals surface area contributed by atoms with E-state index in [1.165, 1.54) is 75.4 Å². The molecule has 1 atom stereocenters. The average Bonchev–Trinajstić information content (AvgIpc) is 2.75. The molecule has 2 aromatic rings. The van der Waals surface area contributed by atoms with E-state index in [0.717, 1.165) is 13.2 Å². The third kappa shape index (κ3) is 10.2. The van der Waals surface area contributed by atoms with Crippen molar-refractivity contribution in [2.24, 2.45) is 0 Å². The van der Waals surface area contributed by atoms with E-state index in [-0.39, 0.29) is 0 Å². The van der Waals surface area contributed by atoms with Crippen molar-refractivity contribution in [2.75, 3.05) is 6.61 Å². The molecule has 2 heteroatoms. The third-order valence-electron chi connectivity index (χ3n) is 5.63. The van der Waals surface area contributed by atoms with Crippen molar-refractivity contribution < 1.29 is 4.74 Å². The summed E-state index contributed by atoms with van der Waals surface area (Å²) in [5, 5.41) is 1.68. The smallest absolute Gasteiger partial charge is 0.0716 e. The largest absolute Gasteiger partial charge is 0.377 e. The van der Waals surface area contributed by atoms with Gasteiger partial charge < -0.3 is 4.74 Å². The topological polar surface area (TPSA) is 9.23 Å². The van der Waals surface area contributed by atoms with Crippen LogP contribution in [0.15, 0.2) is 60.7 Å². The summed E-state index contributed by atoms with van der Waals surface area (Å²) in [4.78, 5) is 0. The predicted molar refractivity (Wildman–Crippen MR) is 126 cm³/mol. The van der Waals surface area contributed by atoms with Crippen molar-refractivity contribution in [3.63, 3.8) is 0 Å². The Morgan fingerprint density at radius 2 is 1.21 bits per heavy atom. The molecule has 2 rings (SSSR count). The first-order valence-electron chi connectivity index (χ1n) is 11.6. The van der Waals surface area contributed by atoms with E-state index >= 15 is 0 Å². The fraction of sp³-hybridized carbons (Fsp3) is 0.538. The molecular weight excluding hydrogens is 356 g/mol. The Morgan fingerprint density at radius 1 is 0.643 bits per heavy atom. The lowest BCUT2D eigenvalue weighted by Gasteiger charge is -2.16. The summed E-state index contributed by atoms with van der Waals surface area (Å²) in [6.07, 6.45) is 12.4. The van der Waals surface area contributed by atoms with Gasteiger partial charge in [-0.15, -0.1) is 0 Å². The first kappa shape index (κ1) is 22.9. The molecule has 0 saturated carbocycles. The summed E-state index contributed by atoms with van der Waals surface area (Å²) in [5.74, 6) is 0. The monoisotopic (exact) mass is 396 g/mol. The van der Waals surface area contributed by atoms with E-state index in [2.05, 4.69) is 67.6 Å². The molecule has 0 radical (unpaired) electrons. The molecule has 0 saturated heterocycles. The molecule has 0 spiro atoms. The number of ether oxygens (including phenoxy) is 1. The van der Waals surface area contributed by atoms with Crippen LogP contribution in [-0.4, -0.2) is 15.4 Å². The number of benzene rings is 2. The number of hydrogen-bond donors (Lipinski definition) is 0. The summed E-state index contributed by atoms with van der Waals surface area (Å²) < 4.78 is 5.83. The lowest BCUT2D eigenvalue weighted by atomic mass is 10.1. The van der Waals surface area contributed by atoms with Crippen LogP contribution in [0.5, 0.6) is 0 Å². The first-order chi connectivity index (χ1) is 13.9. The molecule has 0 aliphatic rings. The van der Waals surface area contributed by atoms with Gasteiger partial charge in [-0.25, -0.2) is 0 Å². The molecule has 154 valence electrons. The van der Waals surface area contributed by atoms with E-state index in [0.29, 0.717) is 0 Å². The Balaban J connectivity index is 1.60. The summed E-state index contributed by atoms with van der Waals surface area (Å²) in [6.45, 7) is 3.94. The van der Waals surface area contributed by atoms with Crippen LogP contribution in [-0.2, 0) is 11.3 Å². The highest BCUT2D eigenvalue weighted by Gasteiger charge is 2.12. The second-order valence-electron chi connectivity index (χ2n) is 8.05. The van der Waals surface area contributed by atoms with E-state index in [1.807, 2.05) is 0 Å². The quantitative estimate of drug-likeness (QED) is 0.222. The van der Waals surface area contributed by atoms with Crippen molar-refractivity contribution >= 4 is 14.0 Å². The van der Waals surface area contributed by atoms with Gasteiger partial charge in [-0.05, 0) is 12.0 Å². The minimum atomic E-state index is -0.800. The van der Waals surface area contributed by atoms with Crippen LogP contribution in [0.2, 0.25) is 12.1 Å². The summed E-state index contributed by atoms with van der Waals surface area (Å²) in [5.41, 5.74) is 1.28. The lowest BCUT2D eigenvalue weighted by molar-refractivity contribution is 0.117. The number of hydrogen-bond acceptors (Lipinski definition) is 1. The van der Waals surface area contributed by atoms with Crippen molar-refractivity contribution in [3.05, 3.63) is 66.2 Å². The standard InChI is InChI=1S/C26H40OSi/c1-2-3-4-5-6-15-22-28(26-19-12-8-13-20-26)23-16-9-14-21-27-24-25-17-10-7-11-18-25/h7-8,10-13,17-20,28H,2-6,9,14-16,21-24H2,1H3. The highest BCUT2D eigenvalue weighted by Crippen LogP contribution is 2.14. The molecule has 0 aliphatic heterocycles. The number of unbranched alkanes of at least 4 members (excludes halogenated alkanes) is 7. The molecule has 0 aromatic heterocycles. The van der Waals surface area contributed by atoms with Crippen LogP contribution in [0.3, 0.4) is 0 Å². The van der Waals surface area contributed by atoms with Gasteiger partial charge in [0, 0.05) is 6.61 Å². The minimum Gasteiger partial charge on any atom is -0.377 e. The van der Waals surface area contributed by atoms with Crippen LogP contribution in [0.4, 0.5) is 0 Å². The van der Waals surface area contributed by atoms with Crippen LogP contribution in [0.25, 0.3) is 0 Å². The van der Waals surface area contributed by atoms with Gasteiger partial charge in [0.1, 0.15) is 0 Å². The maximum atomic E-state index is 5.83. The zero-order chi connectivity index (χ0) is 19.7. The Kier molecular flexibility index (Phi) is 12.7. The molecule has 1 unspecified atom stereocenters. The molecule has 0 heterocycles. The Hall–Kier alpha value is -1.38. The maximum Gasteiger partial charge on any atom is 0.0716 e. The summed E-state index contributed by atoms with van der Waals surface area (Å²) in [6, 6.07) is 24.8. The zero-order valence-electron chi connectivity index (χ0n) is 18.0. The van der Waals surface area contributed by atoms with Gasteiger partial charge in [-0.1, -0.05) is 136 Å². The fourth-order valence-corrected chi connectivity index (χ4v) is 7.19. The van der Waals surface area contributed by atoms with E-state index in [4.69, 9.17) is 4.74 Å². The molecule has 28 heavy (non-hydrogen) atoms. The molecule has 0 amide bonds. The van der Waals surface area contributed by atoms with E-state index in [1.54, 1.807) is 5.19 Å². The van der Waals surface area contributed by atoms with Crippen molar-refractivity contribution in [3.8, 4) is 0 Å². The average molecular weight is 397 g/mol. The van der Waals surface area contributed by atoms with Crippen molar-refractivity contribution in [1.82, 2.24) is 0 Å². The second-order valence-corrected chi connectivity index (χ2v) is 11.3. The van der Waals surface area contributed by atoms with Gasteiger partial charge in [0.15, 0.2) is 0 Å². The van der Waals surface area contributed by atoms with Crippen LogP contribution >= 0.6 is 0 Å². The highest BCUT2D eigenvalue weighted by molar-refractivity contribution is 6.73. The minimum absolute atomic E-state index is 0.750. The van der Waals surface area contributed by atoms with Crippen LogP contribution in [0.1, 0.15) is 70.3 Å². The first-order valence-corrected chi connectivity index (χ1v) is 13.8. The molecular formula is C26H40OSi. The Bertz CT molecular complexity index is 584. The number of rotatable bonds is 16. The maximum absolute atomic E-state index is 5.83. The van der Waals surface area contributed by atoms with Gasteiger partial charge in [0.2, 0.25) is 0 Å². The molecule has 2 aromatic carbocycles. The lowest BCUT2D eigenvalue weighted by Crippen LogP contribution is -2.29. The highest BCUT2D eigenvalue weighted by atomic mass is 28.3. The fourth-order valence-electron chi connectivity index (χ4n) is 3.91. The normalized spacial score (nSPS) is 12.2. The van der Waals surface area contributed by atoms with Gasteiger partial charge in [0.25, 0.3) is 0 Å². The van der Waals surface area contributed by atoms with Crippen LogP contribution in [0, 0.1) is 0 Å². The van der Waals surface area contributed by atoms with Gasteiger partial charge in [-0.2, -0.15) is 0 Å². The summed E-state index contributed by atoms with van der Waals surface area (Å²) in [7, 11) is -0.800. The molecule has 0 bridgehead atoms. The Labute approximate surface area is 175 Å². The van der Waals surface area contributed by atoms with Crippen LogP contribution < -0.4 is 5.19 Å². The summed E-state index contributed by atoms with van der Waals surface area (Å²) >= 11 is 0. The predicted octanol–water partition coefficient (Wildman–Crippen LogP) is 6.87. The Morgan fingerprint density at radius 3 is 1.89 bits per heavy atom. The van der Waals surface area contributed by atoms with Crippen molar-refractivity contribution in [2.45, 2.75) is 83.4 Å². The van der Waals surface area contributed by atoms with E-state index in [9.17, 15) is 0 Å². The molecule has 0 fully saturated rings.